The molecular formula is C18H19N3O3. The quantitative estimate of drug-likeness (QED) is 0.901. The number of amides is 1. The third-order valence-corrected chi connectivity index (χ3v) is 4.35. The molecule has 1 amide bonds. The van der Waals surface area contributed by atoms with Crippen molar-refractivity contribution in [3.63, 3.8) is 0 Å². The number of benzene rings is 1. The largest absolute Gasteiger partial charge is 0.481 e. The Labute approximate surface area is 140 Å². The monoisotopic (exact) mass is 325 g/mol. The molecule has 1 aliphatic carbocycles. The molecule has 2 aromatic rings. The lowest BCUT2D eigenvalue weighted by Crippen LogP contribution is -2.45. The molecule has 1 aliphatic rings. The van der Waals surface area contributed by atoms with Crippen LogP contribution in [-0.4, -0.2) is 33.0 Å². The van der Waals surface area contributed by atoms with Gasteiger partial charge in [0.1, 0.15) is 0 Å². The number of hydrogen-bond acceptors (Lipinski definition) is 4. The zero-order valence-electron chi connectivity index (χ0n) is 13.2. The summed E-state index contributed by atoms with van der Waals surface area (Å²) in [5.41, 5.74) is 1.21. The zero-order valence-corrected chi connectivity index (χ0v) is 13.2. The van der Waals surface area contributed by atoms with Gasteiger partial charge in [-0.25, -0.2) is 9.97 Å². The van der Waals surface area contributed by atoms with Crippen LogP contribution in [0.25, 0.3) is 11.4 Å². The van der Waals surface area contributed by atoms with Gasteiger partial charge < -0.3 is 10.4 Å². The molecule has 1 aromatic heterocycles. The minimum absolute atomic E-state index is 0.326. The van der Waals surface area contributed by atoms with E-state index in [0.717, 1.165) is 18.4 Å². The fraction of sp³-hybridized carbons (Fsp3) is 0.333. The van der Waals surface area contributed by atoms with Crippen molar-refractivity contribution >= 4 is 11.9 Å². The van der Waals surface area contributed by atoms with Crippen molar-refractivity contribution < 1.29 is 14.7 Å². The van der Waals surface area contributed by atoms with Crippen molar-refractivity contribution in [1.82, 2.24) is 15.3 Å². The summed E-state index contributed by atoms with van der Waals surface area (Å²) in [6, 6.07) is 9.16. The maximum Gasteiger partial charge on any atom is 0.308 e. The summed E-state index contributed by atoms with van der Waals surface area (Å²) < 4.78 is 0. The molecular weight excluding hydrogens is 306 g/mol. The second-order valence-electron chi connectivity index (χ2n) is 5.97. The summed E-state index contributed by atoms with van der Waals surface area (Å²) in [5.74, 6) is -1.15. The number of nitrogens with one attached hydrogen (secondary N) is 1. The number of carbonyl (C=O) groups is 2. The molecule has 0 spiro atoms. The van der Waals surface area contributed by atoms with Crippen LogP contribution in [-0.2, 0) is 4.79 Å². The van der Waals surface area contributed by atoms with E-state index in [0.29, 0.717) is 24.2 Å². The summed E-state index contributed by atoms with van der Waals surface area (Å²) in [7, 11) is 0. The Bertz CT molecular complexity index is 716. The van der Waals surface area contributed by atoms with E-state index < -0.39 is 11.9 Å². The number of carboxylic acid groups (broad SMARTS) is 1. The van der Waals surface area contributed by atoms with E-state index in [1.807, 2.05) is 30.3 Å². The average Bonchev–Trinajstić information content (AvgIpc) is 2.63. The topological polar surface area (TPSA) is 92.2 Å². The molecule has 1 fully saturated rings. The molecule has 24 heavy (non-hydrogen) atoms. The number of aromatic nitrogens is 2. The van der Waals surface area contributed by atoms with Crippen molar-refractivity contribution in [3.05, 3.63) is 48.3 Å². The van der Waals surface area contributed by atoms with Gasteiger partial charge in [0.15, 0.2) is 5.82 Å². The van der Waals surface area contributed by atoms with Gasteiger partial charge >= 0.3 is 5.97 Å². The molecule has 0 saturated heterocycles. The lowest BCUT2D eigenvalue weighted by atomic mass is 9.84. The van der Waals surface area contributed by atoms with Gasteiger partial charge in [-0.3, -0.25) is 9.59 Å². The molecule has 6 nitrogen and oxygen atoms in total. The number of nitrogens with zero attached hydrogens (tertiary/aromatic N) is 2. The van der Waals surface area contributed by atoms with Gasteiger partial charge in [-0.1, -0.05) is 43.2 Å². The van der Waals surface area contributed by atoms with Gasteiger partial charge in [-0.05, 0) is 12.8 Å². The highest BCUT2D eigenvalue weighted by molar-refractivity contribution is 5.94. The van der Waals surface area contributed by atoms with Crippen molar-refractivity contribution in [3.8, 4) is 11.4 Å². The molecule has 1 heterocycles. The molecule has 6 heteroatoms. The second kappa shape index (κ2) is 7.21. The number of aliphatic carboxylic acids is 1. The highest BCUT2D eigenvalue weighted by atomic mass is 16.4. The number of hydrogen-bond donors (Lipinski definition) is 2. The summed E-state index contributed by atoms with van der Waals surface area (Å²) >= 11 is 0. The van der Waals surface area contributed by atoms with Gasteiger partial charge in [0.2, 0.25) is 0 Å². The van der Waals surface area contributed by atoms with E-state index in [2.05, 4.69) is 15.3 Å². The van der Waals surface area contributed by atoms with Crippen LogP contribution in [0.3, 0.4) is 0 Å². The fourth-order valence-electron chi connectivity index (χ4n) is 3.03. The Kier molecular flexibility index (Phi) is 4.84. The van der Waals surface area contributed by atoms with Gasteiger partial charge in [0.25, 0.3) is 5.91 Å². The first-order chi connectivity index (χ1) is 11.6. The minimum Gasteiger partial charge on any atom is -0.481 e. The Morgan fingerprint density at radius 1 is 1.04 bits per heavy atom. The number of carbonyl (C=O) groups excluding carboxylic acids is 1. The fourth-order valence-corrected chi connectivity index (χ4v) is 3.03. The smallest absolute Gasteiger partial charge is 0.308 e. The molecule has 0 unspecified atom stereocenters. The standard InChI is InChI=1S/C18H19N3O3/c22-17(21-15-9-5-4-8-14(15)18(23)24)13-10-19-16(20-11-13)12-6-2-1-3-7-12/h1-3,6-7,10-11,14-15H,4-5,8-9H2,(H,21,22)(H,23,24)/t14-,15+/m1/s1. The predicted molar refractivity (Wildman–Crippen MR) is 88.3 cm³/mol. The van der Waals surface area contributed by atoms with E-state index in [9.17, 15) is 14.7 Å². The average molecular weight is 325 g/mol. The maximum atomic E-state index is 12.3. The summed E-state index contributed by atoms with van der Waals surface area (Å²) in [6.45, 7) is 0. The molecule has 1 aromatic carbocycles. The molecule has 0 aliphatic heterocycles. The molecule has 2 atom stereocenters. The Morgan fingerprint density at radius 2 is 1.71 bits per heavy atom. The van der Waals surface area contributed by atoms with E-state index in [4.69, 9.17) is 0 Å². The van der Waals surface area contributed by atoms with E-state index >= 15 is 0 Å². The first-order valence-corrected chi connectivity index (χ1v) is 8.06. The lowest BCUT2D eigenvalue weighted by Gasteiger charge is -2.29. The highest BCUT2D eigenvalue weighted by Gasteiger charge is 2.32. The minimum atomic E-state index is -0.851. The Morgan fingerprint density at radius 3 is 2.38 bits per heavy atom. The van der Waals surface area contributed by atoms with Crippen molar-refractivity contribution in [2.75, 3.05) is 0 Å². The van der Waals surface area contributed by atoms with Gasteiger partial charge in [0.05, 0.1) is 11.5 Å². The van der Waals surface area contributed by atoms with E-state index in [1.165, 1.54) is 12.4 Å². The van der Waals surface area contributed by atoms with Crippen molar-refractivity contribution in [2.45, 2.75) is 31.7 Å². The third kappa shape index (κ3) is 3.59. The first-order valence-electron chi connectivity index (χ1n) is 8.06. The van der Waals surface area contributed by atoms with Crippen molar-refractivity contribution in [2.24, 2.45) is 5.92 Å². The van der Waals surface area contributed by atoms with Crippen molar-refractivity contribution in [1.29, 1.82) is 0 Å². The summed E-state index contributed by atoms with van der Waals surface area (Å²) in [6.07, 6.45) is 6.05. The van der Waals surface area contributed by atoms with Gasteiger partial charge in [-0.2, -0.15) is 0 Å². The molecule has 1 saturated carbocycles. The third-order valence-electron chi connectivity index (χ3n) is 4.35. The maximum absolute atomic E-state index is 12.3. The lowest BCUT2D eigenvalue weighted by molar-refractivity contribution is -0.143. The van der Waals surface area contributed by atoms with Gasteiger partial charge in [-0.15, -0.1) is 0 Å². The van der Waals surface area contributed by atoms with Crippen LogP contribution in [0.2, 0.25) is 0 Å². The SMILES string of the molecule is O=C(N[C@H]1CCCC[C@H]1C(=O)O)c1cnc(-c2ccccc2)nc1. The van der Waals surface area contributed by atoms with Crippen LogP contribution in [0.4, 0.5) is 0 Å². The van der Waals surface area contributed by atoms with Crippen LogP contribution in [0, 0.1) is 5.92 Å². The number of rotatable bonds is 4. The zero-order chi connectivity index (χ0) is 16.9. The highest BCUT2D eigenvalue weighted by Crippen LogP contribution is 2.25. The summed E-state index contributed by atoms with van der Waals surface area (Å²) in [5, 5.41) is 12.1. The molecule has 0 bridgehead atoms. The Hall–Kier alpha value is -2.76. The van der Waals surface area contributed by atoms with Crippen LogP contribution in [0.15, 0.2) is 42.7 Å². The second-order valence-corrected chi connectivity index (χ2v) is 5.97. The van der Waals surface area contributed by atoms with Crippen LogP contribution in [0.5, 0.6) is 0 Å². The number of carboxylic acids is 1. The van der Waals surface area contributed by atoms with Crippen LogP contribution in [0.1, 0.15) is 36.0 Å². The van der Waals surface area contributed by atoms with Crippen LogP contribution >= 0.6 is 0 Å². The van der Waals surface area contributed by atoms with E-state index in [1.54, 1.807) is 0 Å². The molecule has 0 radical (unpaired) electrons. The van der Waals surface area contributed by atoms with E-state index in [-0.39, 0.29) is 11.9 Å². The van der Waals surface area contributed by atoms with Gasteiger partial charge in [0, 0.05) is 24.0 Å². The normalized spacial score (nSPS) is 20.3. The summed E-state index contributed by atoms with van der Waals surface area (Å²) in [4.78, 5) is 32.1. The first kappa shape index (κ1) is 16.1. The van der Waals surface area contributed by atoms with Crippen LogP contribution < -0.4 is 5.32 Å². The molecule has 3 rings (SSSR count). The molecule has 2 N–H and O–H groups in total. The molecule has 124 valence electrons. The Balaban J connectivity index is 1.70. The predicted octanol–water partition coefficient (Wildman–Crippen LogP) is 2.52.